The molecule has 0 unspecified atom stereocenters. The molecule has 2 aromatic carbocycles. The lowest BCUT2D eigenvalue weighted by atomic mass is 10.2. The maximum Gasteiger partial charge on any atom is 0.287 e. The number of nitrogens with one attached hydrogen (secondary N) is 1. The van der Waals surface area contributed by atoms with E-state index in [1.165, 1.54) is 0 Å². The molecule has 0 aliphatic rings. The zero-order chi connectivity index (χ0) is 15.5. The van der Waals surface area contributed by atoms with E-state index in [1.54, 1.807) is 13.2 Å². The molecule has 3 aromatic rings. The van der Waals surface area contributed by atoms with Gasteiger partial charge in [-0.3, -0.25) is 4.79 Å². The van der Waals surface area contributed by atoms with Crippen molar-refractivity contribution in [3.8, 4) is 5.75 Å². The molecule has 3 rings (SSSR count). The van der Waals surface area contributed by atoms with E-state index in [4.69, 9.17) is 9.15 Å². The summed E-state index contributed by atoms with van der Waals surface area (Å²) in [5, 5.41) is 3.79. The minimum absolute atomic E-state index is 0.236. The fraction of sp³-hybridized carbons (Fsp3) is 0.167. The van der Waals surface area contributed by atoms with Gasteiger partial charge in [-0.1, -0.05) is 29.8 Å². The van der Waals surface area contributed by atoms with E-state index in [0.717, 1.165) is 22.3 Å². The number of aryl methyl sites for hydroxylation is 1. The van der Waals surface area contributed by atoms with Crippen LogP contribution in [0.1, 0.15) is 21.7 Å². The van der Waals surface area contributed by atoms with Gasteiger partial charge in [-0.2, -0.15) is 0 Å². The van der Waals surface area contributed by atoms with Crippen molar-refractivity contribution in [2.75, 3.05) is 7.11 Å². The van der Waals surface area contributed by atoms with Crippen LogP contribution in [0, 0.1) is 6.92 Å². The first-order valence-electron chi connectivity index (χ1n) is 7.07. The number of fused-ring (bicyclic) bond motifs is 1. The molecule has 0 atom stereocenters. The number of hydrogen-bond donors (Lipinski definition) is 1. The van der Waals surface area contributed by atoms with Crippen molar-refractivity contribution in [1.82, 2.24) is 5.32 Å². The van der Waals surface area contributed by atoms with Gasteiger partial charge in [0.1, 0.15) is 11.3 Å². The summed E-state index contributed by atoms with van der Waals surface area (Å²) in [6.45, 7) is 2.40. The monoisotopic (exact) mass is 295 g/mol. The van der Waals surface area contributed by atoms with Crippen LogP contribution >= 0.6 is 0 Å². The molecule has 112 valence electrons. The van der Waals surface area contributed by atoms with Gasteiger partial charge in [0.15, 0.2) is 5.76 Å². The quantitative estimate of drug-likeness (QED) is 0.799. The van der Waals surface area contributed by atoms with Gasteiger partial charge in [-0.05, 0) is 31.2 Å². The van der Waals surface area contributed by atoms with E-state index >= 15 is 0 Å². The van der Waals surface area contributed by atoms with Crippen molar-refractivity contribution >= 4 is 16.9 Å². The zero-order valence-electron chi connectivity index (χ0n) is 12.6. The lowest BCUT2D eigenvalue weighted by Gasteiger charge is -2.08. The van der Waals surface area contributed by atoms with Crippen LogP contribution in [0.5, 0.6) is 5.75 Å². The van der Waals surface area contributed by atoms with Gasteiger partial charge in [-0.25, -0.2) is 0 Å². The molecule has 0 saturated carbocycles. The molecule has 1 heterocycles. The summed E-state index contributed by atoms with van der Waals surface area (Å²) in [4.78, 5) is 12.2. The Balaban J connectivity index is 1.76. The molecule has 0 spiro atoms. The summed E-state index contributed by atoms with van der Waals surface area (Å²) in [6.07, 6.45) is 0. The molecule has 1 N–H and O–H groups in total. The molecule has 0 bridgehead atoms. The molecule has 0 aliphatic heterocycles. The number of carbonyl (C=O) groups is 1. The summed E-state index contributed by atoms with van der Waals surface area (Å²) < 4.78 is 10.9. The third-order valence-electron chi connectivity index (χ3n) is 3.53. The largest absolute Gasteiger partial charge is 0.496 e. The fourth-order valence-electron chi connectivity index (χ4n) is 2.39. The second kappa shape index (κ2) is 5.93. The topological polar surface area (TPSA) is 51.5 Å². The van der Waals surface area contributed by atoms with Crippen LogP contribution in [0.15, 0.2) is 52.9 Å². The second-order valence-corrected chi connectivity index (χ2v) is 5.15. The Morgan fingerprint density at radius 1 is 1.18 bits per heavy atom. The van der Waals surface area contributed by atoms with E-state index in [1.807, 2.05) is 49.4 Å². The van der Waals surface area contributed by atoms with E-state index in [9.17, 15) is 4.79 Å². The Hall–Kier alpha value is -2.75. The van der Waals surface area contributed by atoms with Crippen LogP contribution in [-0.2, 0) is 6.54 Å². The second-order valence-electron chi connectivity index (χ2n) is 5.15. The minimum Gasteiger partial charge on any atom is -0.496 e. The predicted octanol–water partition coefficient (Wildman–Crippen LogP) is 3.68. The number of methoxy groups -OCH3 is 1. The maximum absolute atomic E-state index is 12.2. The van der Waals surface area contributed by atoms with Crippen molar-refractivity contribution in [1.29, 1.82) is 0 Å². The smallest absolute Gasteiger partial charge is 0.287 e. The van der Waals surface area contributed by atoms with E-state index in [2.05, 4.69) is 5.32 Å². The Bertz CT molecular complexity index is 820. The van der Waals surface area contributed by atoms with Gasteiger partial charge < -0.3 is 14.5 Å². The maximum atomic E-state index is 12.2. The van der Waals surface area contributed by atoms with Crippen molar-refractivity contribution in [3.63, 3.8) is 0 Å². The Labute approximate surface area is 128 Å². The van der Waals surface area contributed by atoms with Crippen LogP contribution in [0.3, 0.4) is 0 Å². The highest BCUT2D eigenvalue weighted by Gasteiger charge is 2.12. The molecule has 1 amide bonds. The van der Waals surface area contributed by atoms with E-state index < -0.39 is 0 Å². The third kappa shape index (κ3) is 2.81. The van der Waals surface area contributed by atoms with Gasteiger partial charge in [0.05, 0.1) is 7.11 Å². The van der Waals surface area contributed by atoms with Crippen molar-refractivity contribution in [2.24, 2.45) is 0 Å². The first-order chi connectivity index (χ1) is 10.7. The molecule has 0 radical (unpaired) electrons. The van der Waals surface area contributed by atoms with Crippen LogP contribution in [0.2, 0.25) is 0 Å². The average Bonchev–Trinajstić information content (AvgIpc) is 2.96. The predicted molar refractivity (Wildman–Crippen MR) is 85.1 cm³/mol. The Morgan fingerprint density at radius 3 is 2.82 bits per heavy atom. The highest BCUT2D eigenvalue weighted by atomic mass is 16.5. The number of hydrogen-bond acceptors (Lipinski definition) is 3. The summed E-state index contributed by atoms with van der Waals surface area (Å²) in [6, 6.07) is 15.2. The number of carbonyl (C=O) groups excluding carboxylic acids is 1. The van der Waals surface area contributed by atoms with Crippen LogP contribution in [0.25, 0.3) is 11.0 Å². The van der Waals surface area contributed by atoms with E-state index in [0.29, 0.717) is 17.9 Å². The van der Waals surface area contributed by atoms with Crippen LogP contribution in [0.4, 0.5) is 0 Å². The highest BCUT2D eigenvalue weighted by molar-refractivity contribution is 5.96. The van der Waals surface area contributed by atoms with Crippen molar-refractivity contribution in [3.05, 3.63) is 65.4 Å². The summed E-state index contributed by atoms with van der Waals surface area (Å²) in [5.74, 6) is 0.832. The Kier molecular flexibility index (Phi) is 3.83. The normalized spacial score (nSPS) is 10.6. The molecule has 0 saturated heterocycles. The molecule has 0 fully saturated rings. The number of rotatable bonds is 4. The number of para-hydroxylation sites is 1. The van der Waals surface area contributed by atoms with Gasteiger partial charge in [0.25, 0.3) is 5.91 Å². The fourth-order valence-corrected chi connectivity index (χ4v) is 2.39. The lowest BCUT2D eigenvalue weighted by molar-refractivity contribution is 0.0925. The summed E-state index contributed by atoms with van der Waals surface area (Å²) in [7, 11) is 1.61. The average molecular weight is 295 g/mol. The standard InChI is InChI=1S/C18H17NO3/c1-12-7-8-16-14(9-12)10-17(22-16)18(20)19-11-13-5-3-4-6-15(13)21-2/h3-10H,11H2,1-2H3,(H,19,20). The van der Waals surface area contributed by atoms with Gasteiger partial charge in [0.2, 0.25) is 0 Å². The number of amides is 1. The SMILES string of the molecule is COc1ccccc1CNC(=O)c1cc2cc(C)ccc2o1. The molecule has 22 heavy (non-hydrogen) atoms. The minimum atomic E-state index is -0.236. The molecule has 4 nitrogen and oxygen atoms in total. The molecule has 0 aliphatic carbocycles. The van der Waals surface area contributed by atoms with Crippen molar-refractivity contribution in [2.45, 2.75) is 13.5 Å². The van der Waals surface area contributed by atoms with Crippen LogP contribution < -0.4 is 10.1 Å². The highest BCUT2D eigenvalue weighted by Crippen LogP contribution is 2.21. The summed E-state index contributed by atoms with van der Waals surface area (Å²) >= 11 is 0. The molecule has 1 aromatic heterocycles. The third-order valence-corrected chi connectivity index (χ3v) is 3.53. The Morgan fingerprint density at radius 2 is 2.00 bits per heavy atom. The number of furan rings is 1. The first kappa shape index (κ1) is 14.2. The van der Waals surface area contributed by atoms with Crippen LogP contribution in [-0.4, -0.2) is 13.0 Å². The van der Waals surface area contributed by atoms with Gasteiger partial charge in [0, 0.05) is 17.5 Å². The van der Waals surface area contributed by atoms with Gasteiger partial charge in [-0.15, -0.1) is 0 Å². The van der Waals surface area contributed by atoms with E-state index in [-0.39, 0.29) is 5.91 Å². The van der Waals surface area contributed by atoms with Gasteiger partial charge >= 0.3 is 0 Å². The molecular weight excluding hydrogens is 278 g/mol. The zero-order valence-corrected chi connectivity index (χ0v) is 12.6. The molecular formula is C18H17NO3. The lowest BCUT2D eigenvalue weighted by Crippen LogP contribution is -2.22. The number of ether oxygens (including phenoxy) is 1. The summed E-state index contributed by atoms with van der Waals surface area (Å²) in [5.41, 5.74) is 2.77. The van der Waals surface area contributed by atoms with Crippen molar-refractivity contribution < 1.29 is 13.9 Å². The number of benzene rings is 2. The first-order valence-corrected chi connectivity index (χ1v) is 7.07. The molecule has 4 heteroatoms.